The molecule has 6 heteroatoms. The lowest BCUT2D eigenvalue weighted by Crippen LogP contribution is -2.39. The predicted molar refractivity (Wildman–Crippen MR) is 103 cm³/mol. The average molecular weight is 366 g/mol. The predicted octanol–water partition coefficient (Wildman–Crippen LogP) is 3.41. The van der Waals surface area contributed by atoms with Gasteiger partial charge in [-0.25, -0.2) is 4.99 Å². The number of thiophene rings is 1. The highest BCUT2D eigenvalue weighted by Crippen LogP contribution is 2.23. The van der Waals surface area contributed by atoms with Crippen LogP contribution in [0.15, 0.2) is 46.1 Å². The van der Waals surface area contributed by atoms with Crippen molar-refractivity contribution < 1.29 is 5.11 Å². The molecule has 2 aromatic rings. The molecule has 0 saturated carbocycles. The van der Waals surface area contributed by atoms with Gasteiger partial charge in [0.15, 0.2) is 5.96 Å². The van der Waals surface area contributed by atoms with E-state index in [0.717, 1.165) is 35.7 Å². The van der Waals surface area contributed by atoms with Gasteiger partial charge in [0, 0.05) is 18.1 Å². The lowest BCUT2D eigenvalue weighted by molar-refractivity contribution is 0.0677. The topological polar surface area (TPSA) is 56.7 Å². The summed E-state index contributed by atoms with van der Waals surface area (Å²) in [6.07, 6.45) is 0.811. The van der Waals surface area contributed by atoms with Gasteiger partial charge in [-0.3, -0.25) is 0 Å². The third-order valence-electron chi connectivity index (χ3n) is 3.68. The molecule has 4 nitrogen and oxygen atoms in total. The zero-order valence-electron chi connectivity index (χ0n) is 14.1. The molecule has 24 heavy (non-hydrogen) atoms. The zero-order chi connectivity index (χ0) is 17.4. The van der Waals surface area contributed by atoms with Gasteiger partial charge in [-0.15, -0.1) is 0 Å². The lowest BCUT2D eigenvalue weighted by atomic mass is 10.00. The number of hydrogen-bond acceptors (Lipinski definition) is 3. The van der Waals surface area contributed by atoms with Crippen LogP contribution in [-0.2, 0) is 12.0 Å². The van der Waals surface area contributed by atoms with Crippen molar-refractivity contribution in [2.75, 3.05) is 19.6 Å². The van der Waals surface area contributed by atoms with E-state index >= 15 is 0 Å². The summed E-state index contributed by atoms with van der Waals surface area (Å²) in [4.78, 5) is 4.51. The summed E-state index contributed by atoms with van der Waals surface area (Å²) in [6, 6.07) is 9.76. The highest BCUT2D eigenvalue weighted by Gasteiger charge is 2.23. The van der Waals surface area contributed by atoms with Gasteiger partial charge in [-0.2, -0.15) is 11.3 Å². The summed E-state index contributed by atoms with van der Waals surface area (Å²) < 4.78 is 0. The monoisotopic (exact) mass is 365 g/mol. The van der Waals surface area contributed by atoms with Gasteiger partial charge in [0.05, 0.1) is 6.54 Å². The van der Waals surface area contributed by atoms with Gasteiger partial charge < -0.3 is 15.7 Å². The maximum atomic E-state index is 10.6. The maximum Gasteiger partial charge on any atom is 0.191 e. The number of aliphatic hydroxyl groups is 1. The lowest BCUT2D eigenvalue weighted by Gasteiger charge is -2.21. The summed E-state index contributed by atoms with van der Waals surface area (Å²) in [6.45, 7) is 5.58. The van der Waals surface area contributed by atoms with Crippen LogP contribution in [0.3, 0.4) is 0 Å². The first-order valence-electron chi connectivity index (χ1n) is 8.03. The van der Waals surface area contributed by atoms with Gasteiger partial charge in [-0.05, 0) is 54.3 Å². The molecule has 0 amide bonds. The first-order valence-corrected chi connectivity index (χ1v) is 9.35. The van der Waals surface area contributed by atoms with Gasteiger partial charge >= 0.3 is 0 Å². The smallest absolute Gasteiger partial charge is 0.191 e. The molecule has 0 bridgehead atoms. The maximum absolute atomic E-state index is 10.6. The Morgan fingerprint density at radius 2 is 2.08 bits per heavy atom. The molecule has 0 spiro atoms. The van der Waals surface area contributed by atoms with Crippen molar-refractivity contribution >= 4 is 28.9 Å². The van der Waals surface area contributed by atoms with Crippen LogP contribution in [0.25, 0.3) is 0 Å². The van der Waals surface area contributed by atoms with Crippen LogP contribution in [0.2, 0.25) is 5.02 Å². The van der Waals surface area contributed by atoms with Gasteiger partial charge in [0.2, 0.25) is 0 Å². The van der Waals surface area contributed by atoms with Gasteiger partial charge in [-0.1, -0.05) is 29.8 Å². The summed E-state index contributed by atoms with van der Waals surface area (Å²) in [5.74, 6) is 0.694. The van der Waals surface area contributed by atoms with E-state index in [0.29, 0.717) is 12.5 Å². The summed E-state index contributed by atoms with van der Waals surface area (Å²) in [5, 5.41) is 21.7. The zero-order valence-corrected chi connectivity index (χ0v) is 15.6. The van der Waals surface area contributed by atoms with Crippen molar-refractivity contribution in [2.24, 2.45) is 4.99 Å². The fourth-order valence-electron chi connectivity index (χ4n) is 2.25. The average Bonchev–Trinajstić information content (AvgIpc) is 3.10. The first-order chi connectivity index (χ1) is 11.5. The van der Waals surface area contributed by atoms with Gasteiger partial charge in [0.25, 0.3) is 0 Å². The van der Waals surface area contributed by atoms with Crippen LogP contribution in [-0.4, -0.2) is 30.7 Å². The molecular weight excluding hydrogens is 342 g/mol. The molecule has 0 radical (unpaired) electrons. The molecule has 1 aromatic heterocycles. The molecule has 1 aromatic carbocycles. The highest BCUT2D eigenvalue weighted by atomic mass is 35.5. The van der Waals surface area contributed by atoms with E-state index in [9.17, 15) is 5.11 Å². The van der Waals surface area contributed by atoms with Crippen LogP contribution in [0, 0.1) is 0 Å². The summed E-state index contributed by atoms with van der Waals surface area (Å²) in [7, 11) is 0. The Labute approximate surface area is 152 Å². The van der Waals surface area contributed by atoms with Crippen molar-refractivity contribution in [3.05, 3.63) is 57.2 Å². The third-order valence-corrected chi connectivity index (χ3v) is 4.73. The molecule has 0 aliphatic heterocycles. The second-order valence-electron chi connectivity index (χ2n) is 5.75. The Morgan fingerprint density at radius 1 is 1.29 bits per heavy atom. The Bertz CT molecular complexity index is 656. The van der Waals surface area contributed by atoms with E-state index in [2.05, 4.69) is 15.6 Å². The minimum absolute atomic E-state index is 0.297. The number of rotatable bonds is 7. The van der Waals surface area contributed by atoms with E-state index in [1.165, 1.54) is 0 Å². The number of benzene rings is 1. The number of nitrogens with zero attached hydrogens (tertiary/aromatic N) is 1. The summed E-state index contributed by atoms with van der Waals surface area (Å²) in [5.41, 5.74) is 1.03. The van der Waals surface area contributed by atoms with E-state index in [1.54, 1.807) is 18.3 Å². The number of hydrogen-bond donors (Lipinski definition) is 3. The standard InChI is InChI=1S/C18H24ClN3OS/c1-3-20-17(21-10-8-14-6-4-5-7-16(14)19)22-13-18(2,23)15-9-11-24-12-15/h4-7,9,11-12,23H,3,8,10,13H2,1-2H3,(H2,20,21,22). The second-order valence-corrected chi connectivity index (χ2v) is 6.94. The highest BCUT2D eigenvalue weighted by molar-refractivity contribution is 7.08. The van der Waals surface area contributed by atoms with Crippen molar-refractivity contribution in [2.45, 2.75) is 25.9 Å². The Morgan fingerprint density at radius 3 is 2.75 bits per heavy atom. The normalized spacial score (nSPS) is 14.2. The quantitative estimate of drug-likeness (QED) is 0.520. The Balaban J connectivity index is 1.92. The third kappa shape index (κ3) is 5.51. The molecule has 1 unspecified atom stereocenters. The molecule has 1 heterocycles. The fraction of sp³-hybridized carbons (Fsp3) is 0.389. The van der Waals surface area contributed by atoms with E-state index < -0.39 is 5.60 Å². The molecule has 130 valence electrons. The molecule has 0 aliphatic carbocycles. The second kappa shape index (κ2) is 9.06. The number of nitrogens with one attached hydrogen (secondary N) is 2. The fourth-order valence-corrected chi connectivity index (χ4v) is 3.27. The number of halogens is 1. The van der Waals surface area contributed by atoms with Crippen LogP contribution < -0.4 is 10.6 Å². The number of aliphatic imine (C=N–C) groups is 1. The molecule has 0 fully saturated rings. The van der Waals surface area contributed by atoms with Crippen molar-refractivity contribution in [3.63, 3.8) is 0 Å². The van der Waals surface area contributed by atoms with Crippen LogP contribution >= 0.6 is 22.9 Å². The SMILES string of the molecule is CCNC(=NCC(C)(O)c1ccsc1)NCCc1ccccc1Cl. The molecule has 1 atom stereocenters. The van der Waals surface area contributed by atoms with Crippen LogP contribution in [0.5, 0.6) is 0 Å². The van der Waals surface area contributed by atoms with Crippen molar-refractivity contribution in [1.29, 1.82) is 0 Å². The molecule has 3 N–H and O–H groups in total. The number of guanidine groups is 1. The summed E-state index contributed by atoms with van der Waals surface area (Å²) >= 11 is 7.74. The minimum Gasteiger partial charge on any atom is -0.383 e. The van der Waals surface area contributed by atoms with Crippen molar-refractivity contribution in [3.8, 4) is 0 Å². The van der Waals surface area contributed by atoms with Crippen molar-refractivity contribution in [1.82, 2.24) is 10.6 Å². The van der Waals surface area contributed by atoms with E-state index in [4.69, 9.17) is 11.6 Å². The van der Waals surface area contributed by atoms with Gasteiger partial charge in [0.1, 0.15) is 5.60 Å². The molecule has 2 rings (SSSR count). The Kier molecular flexibility index (Phi) is 7.09. The van der Waals surface area contributed by atoms with Crippen LogP contribution in [0.1, 0.15) is 25.0 Å². The Hall–Kier alpha value is -1.56. The first kappa shape index (κ1) is 18.8. The minimum atomic E-state index is -0.967. The van der Waals surface area contributed by atoms with E-state index in [1.807, 2.05) is 48.0 Å². The largest absolute Gasteiger partial charge is 0.383 e. The molecule has 0 saturated heterocycles. The molecular formula is C18H24ClN3OS. The molecule has 0 aliphatic rings. The van der Waals surface area contributed by atoms with Crippen LogP contribution in [0.4, 0.5) is 0 Å². The van der Waals surface area contributed by atoms with E-state index in [-0.39, 0.29) is 0 Å².